The molecule has 2 nitrogen and oxygen atoms in total. The summed E-state index contributed by atoms with van der Waals surface area (Å²) in [5, 5.41) is 3.55. The molecule has 1 fully saturated rings. The minimum absolute atomic E-state index is 0.0179. The number of hydrogen-bond donors (Lipinski definition) is 1. The van der Waals surface area contributed by atoms with E-state index in [1.165, 1.54) is 38.2 Å². The van der Waals surface area contributed by atoms with Gasteiger partial charge >= 0.3 is 6.18 Å². The van der Waals surface area contributed by atoms with Crippen LogP contribution in [0, 0.1) is 11.8 Å². The number of allylic oxidation sites excluding steroid dienone is 7. The van der Waals surface area contributed by atoms with E-state index < -0.39 is 12.1 Å². The van der Waals surface area contributed by atoms with Crippen LogP contribution in [0.1, 0.15) is 38.5 Å². The predicted octanol–water partition coefficient (Wildman–Crippen LogP) is 5.42. The van der Waals surface area contributed by atoms with Crippen LogP contribution in [0.4, 0.5) is 13.2 Å². The lowest BCUT2D eigenvalue weighted by Crippen LogP contribution is -2.35. The third-order valence-electron chi connectivity index (χ3n) is 5.94. The zero-order chi connectivity index (χ0) is 18.9. The van der Waals surface area contributed by atoms with E-state index in [1.54, 1.807) is 6.08 Å². The lowest BCUT2D eigenvalue weighted by atomic mass is 9.83. The Kier molecular flexibility index (Phi) is 5.11. The van der Waals surface area contributed by atoms with Crippen LogP contribution in [-0.2, 0) is 0 Å². The number of halogens is 3. The fourth-order valence-corrected chi connectivity index (χ4v) is 4.39. The lowest BCUT2D eigenvalue weighted by Gasteiger charge is -2.25. The molecule has 3 aliphatic carbocycles. The molecule has 0 bridgehead atoms. The van der Waals surface area contributed by atoms with Gasteiger partial charge in [-0.05, 0) is 42.1 Å². The van der Waals surface area contributed by atoms with E-state index in [1.807, 2.05) is 24.3 Å². The highest BCUT2D eigenvalue weighted by Crippen LogP contribution is 2.41. The molecule has 0 aromatic heterocycles. The van der Waals surface area contributed by atoms with Crippen molar-refractivity contribution in [1.29, 1.82) is 0 Å². The van der Waals surface area contributed by atoms with Crippen molar-refractivity contribution in [2.75, 3.05) is 6.54 Å². The van der Waals surface area contributed by atoms with Gasteiger partial charge in [-0.3, -0.25) is 4.99 Å². The molecule has 0 aromatic carbocycles. The molecule has 4 aliphatic rings. The van der Waals surface area contributed by atoms with Gasteiger partial charge < -0.3 is 5.32 Å². The molecule has 0 radical (unpaired) electrons. The van der Waals surface area contributed by atoms with Crippen LogP contribution in [0.3, 0.4) is 0 Å². The first-order chi connectivity index (χ1) is 13.0. The van der Waals surface area contributed by atoms with E-state index in [0.29, 0.717) is 12.6 Å². The smallest absolute Gasteiger partial charge is 0.368 e. The molecular formula is C22H25F3N2. The van der Waals surface area contributed by atoms with Gasteiger partial charge in [-0.25, -0.2) is 0 Å². The number of fused-ring (bicyclic) bond motifs is 1. The van der Waals surface area contributed by atoms with Gasteiger partial charge in [-0.1, -0.05) is 55.7 Å². The van der Waals surface area contributed by atoms with Gasteiger partial charge in [0.05, 0.1) is 12.5 Å². The van der Waals surface area contributed by atoms with E-state index in [-0.39, 0.29) is 12.3 Å². The molecule has 0 saturated heterocycles. The number of alkyl halides is 3. The normalized spacial score (nSPS) is 28.7. The van der Waals surface area contributed by atoms with Gasteiger partial charge in [-0.2, -0.15) is 13.2 Å². The molecule has 5 heteroatoms. The number of aliphatic imine (C=N–C) groups is 1. The number of hydrogen-bond acceptors (Lipinski definition) is 2. The number of nitrogens with zero attached hydrogens (tertiary/aromatic N) is 1. The van der Waals surface area contributed by atoms with Crippen molar-refractivity contribution in [3.05, 3.63) is 59.3 Å². The fourth-order valence-electron chi connectivity index (χ4n) is 4.39. The van der Waals surface area contributed by atoms with Crippen LogP contribution in [0.2, 0.25) is 0 Å². The maximum absolute atomic E-state index is 13.1. The van der Waals surface area contributed by atoms with Crippen LogP contribution in [0.15, 0.2) is 64.2 Å². The Morgan fingerprint density at radius 1 is 1.00 bits per heavy atom. The Labute approximate surface area is 158 Å². The van der Waals surface area contributed by atoms with Crippen molar-refractivity contribution in [2.24, 2.45) is 16.8 Å². The van der Waals surface area contributed by atoms with Gasteiger partial charge in [0.15, 0.2) is 0 Å². The summed E-state index contributed by atoms with van der Waals surface area (Å²) in [6.45, 7) is 0.581. The van der Waals surface area contributed by atoms with Gasteiger partial charge in [0.1, 0.15) is 5.84 Å². The Hall–Kier alpha value is -2.04. The maximum atomic E-state index is 13.1. The third kappa shape index (κ3) is 4.12. The molecule has 1 saturated carbocycles. The average Bonchev–Trinajstić information content (AvgIpc) is 2.97. The van der Waals surface area contributed by atoms with Crippen LogP contribution in [0.5, 0.6) is 0 Å². The topological polar surface area (TPSA) is 24.4 Å². The predicted molar refractivity (Wildman–Crippen MR) is 102 cm³/mol. The summed E-state index contributed by atoms with van der Waals surface area (Å²) in [7, 11) is 0. The Morgan fingerprint density at radius 2 is 1.81 bits per heavy atom. The summed E-state index contributed by atoms with van der Waals surface area (Å²) in [5.41, 5.74) is 2.90. The molecule has 1 heterocycles. The molecule has 1 N–H and O–H groups in total. The van der Waals surface area contributed by atoms with Crippen LogP contribution < -0.4 is 5.32 Å². The Bertz CT molecular complexity index is 759. The van der Waals surface area contributed by atoms with E-state index in [4.69, 9.17) is 4.99 Å². The van der Waals surface area contributed by atoms with Crippen molar-refractivity contribution in [3.8, 4) is 0 Å². The molecule has 0 spiro atoms. The lowest BCUT2D eigenvalue weighted by molar-refractivity contribution is -0.160. The van der Waals surface area contributed by atoms with E-state index in [2.05, 4.69) is 11.4 Å². The van der Waals surface area contributed by atoms with Crippen LogP contribution in [-0.4, -0.2) is 24.6 Å². The minimum Gasteiger partial charge on any atom is -0.368 e. The summed E-state index contributed by atoms with van der Waals surface area (Å²) in [5.74, 6) is -0.434. The second-order valence-electron chi connectivity index (χ2n) is 7.81. The summed E-state index contributed by atoms with van der Waals surface area (Å²) < 4.78 is 39.4. The number of rotatable bonds is 2. The summed E-state index contributed by atoms with van der Waals surface area (Å²) in [6.07, 6.45) is 14.7. The minimum atomic E-state index is -4.19. The first kappa shape index (κ1) is 18.3. The van der Waals surface area contributed by atoms with Crippen molar-refractivity contribution < 1.29 is 13.2 Å². The Balaban J connectivity index is 1.45. The Morgan fingerprint density at radius 3 is 2.59 bits per heavy atom. The fraction of sp³-hybridized carbons (Fsp3) is 0.500. The zero-order valence-electron chi connectivity index (χ0n) is 15.3. The van der Waals surface area contributed by atoms with Crippen molar-refractivity contribution >= 4 is 5.84 Å². The highest BCUT2D eigenvalue weighted by Gasteiger charge is 2.40. The quantitative estimate of drug-likeness (QED) is 0.685. The molecule has 4 rings (SSSR count). The maximum Gasteiger partial charge on any atom is 0.395 e. The standard InChI is InChI=1S/C22H25F3N2/c23-22(24,25)17-6-4-5-16(13-17)19-11-9-15-10-12-21(26-14-20(15)19)27-18-7-2-1-3-8-18/h4-6,9-12,17-18,20H,1-3,7-8,13-14H2,(H,26,27). The first-order valence-electron chi connectivity index (χ1n) is 9.86. The first-order valence-corrected chi connectivity index (χ1v) is 9.86. The van der Waals surface area contributed by atoms with E-state index in [9.17, 15) is 13.2 Å². The van der Waals surface area contributed by atoms with Crippen LogP contribution >= 0.6 is 0 Å². The monoisotopic (exact) mass is 374 g/mol. The van der Waals surface area contributed by atoms with Crippen molar-refractivity contribution in [3.63, 3.8) is 0 Å². The van der Waals surface area contributed by atoms with Crippen LogP contribution in [0.25, 0.3) is 0 Å². The zero-order valence-corrected chi connectivity index (χ0v) is 15.3. The van der Waals surface area contributed by atoms with Crippen molar-refractivity contribution in [2.45, 2.75) is 50.7 Å². The second-order valence-corrected chi connectivity index (χ2v) is 7.81. The van der Waals surface area contributed by atoms with Gasteiger partial charge in [-0.15, -0.1) is 0 Å². The molecule has 1 aliphatic heterocycles. The molecule has 144 valence electrons. The molecule has 0 amide bonds. The molecule has 27 heavy (non-hydrogen) atoms. The average molecular weight is 374 g/mol. The summed E-state index contributed by atoms with van der Waals surface area (Å²) >= 11 is 0. The summed E-state index contributed by atoms with van der Waals surface area (Å²) in [4.78, 5) is 4.74. The highest BCUT2D eigenvalue weighted by atomic mass is 19.4. The third-order valence-corrected chi connectivity index (χ3v) is 5.94. The van der Waals surface area contributed by atoms with E-state index >= 15 is 0 Å². The van der Waals surface area contributed by atoms with E-state index in [0.717, 1.165) is 22.6 Å². The largest absolute Gasteiger partial charge is 0.395 e. The SMILES string of the molecule is FC(F)(F)C1C=CC=C(C2=CC=C3C=CC(NC4CCCCC4)=NCC32)C1. The number of amidine groups is 1. The van der Waals surface area contributed by atoms with Gasteiger partial charge in [0, 0.05) is 12.0 Å². The highest BCUT2D eigenvalue weighted by molar-refractivity contribution is 5.94. The van der Waals surface area contributed by atoms with Gasteiger partial charge in [0.25, 0.3) is 0 Å². The summed E-state index contributed by atoms with van der Waals surface area (Å²) in [6, 6.07) is 0.489. The molecular weight excluding hydrogens is 349 g/mol. The second kappa shape index (κ2) is 7.53. The molecule has 2 atom stereocenters. The van der Waals surface area contributed by atoms with Crippen molar-refractivity contribution in [1.82, 2.24) is 5.32 Å². The molecule has 0 aromatic rings. The van der Waals surface area contributed by atoms with Gasteiger partial charge in [0.2, 0.25) is 0 Å². The molecule has 2 unspecified atom stereocenters. The number of nitrogens with one attached hydrogen (secondary N) is 1.